The molecule has 10 nitrogen and oxygen atoms in total. The highest BCUT2D eigenvalue weighted by molar-refractivity contribution is 7.80. The SMILES string of the molecule is CNC(=S)NCC1CN(c2ccc(NCCc3ccc([N+](=O)[O-])o3)c(F)c2)C(=O)O1. The van der Waals surface area contributed by atoms with E-state index in [1.165, 1.54) is 29.2 Å². The average molecular weight is 437 g/mol. The van der Waals surface area contributed by atoms with Crippen molar-refractivity contribution in [3.8, 4) is 0 Å². The molecule has 3 rings (SSSR count). The van der Waals surface area contributed by atoms with Gasteiger partial charge in [-0.25, -0.2) is 9.18 Å². The summed E-state index contributed by atoms with van der Waals surface area (Å²) in [5.74, 6) is -0.452. The van der Waals surface area contributed by atoms with Gasteiger partial charge in [0.25, 0.3) is 0 Å². The maximum absolute atomic E-state index is 14.5. The molecule has 160 valence electrons. The molecule has 0 aliphatic carbocycles. The molecule has 0 saturated carbocycles. The molecule has 1 fully saturated rings. The number of hydrogen-bond donors (Lipinski definition) is 3. The molecule has 12 heteroatoms. The van der Waals surface area contributed by atoms with Crippen molar-refractivity contribution < 1.29 is 23.3 Å². The summed E-state index contributed by atoms with van der Waals surface area (Å²) in [6, 6.07) is 7.15. The van der Waals surface area contributed by atoms with Crippen LogP contribution in [0.2, 0.25) is 0 Å². The van der Waals surface area contributed by atoms with Gasteiger partial charge < -0.3 is 25.1 Å². The average Bonchev–Trinajstić information content (AvgIpc) is 3.34. The molecular formula is C18H20FN5O5S. The first-order valence-electron chi connectivity index (χ1n) is 9.07. The van der Waals surface area contributed by atoms with E-state index in [-0.39, 0.29) is 18.1 Å². The molecule has 1 amide bonds. The quantitative estimate of drug-likeness (QED) is 0.325. The predicted octanol–water partition coefficient (Wildman–Crippen LogP) is 2.40. The van der Waals surface area contributed by atoms with E-state index in [0.717, 1.165) is 0 Å². The van der Waals surface area contributed by atoms with Gasteiger partial charge in [0.1, 0.15) is 22.6 Å². The number of halogens is 1. The van der Waals surface area contributed by atoms with E-state index in [2.05, 4.69) is 16.0 Å². The molecule has 0 radical (unpaired) electrons. The molecule has 1 atom stereocenters. The Bertz CT molecular complexity index is 953. The molecule has 1 saturated heterocycles. The van der Waals surface area contributed by atoms with Gasteiger partial charge in [0, 0.05) is 20.0 Å². The standard InChI is InChI=1S/C18H20FN5O5S/c1-20-17(30)22-9-13-10-23(18(25)29-13)11-2-4-15(14(19)8-11)21-7-6-12-3-5-16(28-12)24(26)27/h2-5,8,13,21H,6-7,9-10H2,1H3,(H2,20,22,30). The second kappa shape index (κ2) is 9.39. The Morgan fingerprint density at radius 3 is 2.87 bits per heavy atom. The van der Waals surface area contributed by atoms with Crippen molar-refractivity contribution in [1.29, 1.82) is 0 Å². The molecule has 2 aromatic rings. The number of nitrogens with zero attached hydrogens (tertiary/aromatic N) is 2. The summed E-state index contributed by atoms with van der Waals surface area (Å²) in [4.78, 5) is 23.5. The van der Waals surface area contributed by atoms with Crippen molar-refractivity contribution in [2.45, 2.75) is 12.5 Å². The van der Waals surface area contributed by atoms with Crippen LogP contribution in [-0.4, -0.2) is 48.9 Å². The van der Waals surface area contributed by atoms with E-state index in [4.69, 9.17) is 21.4 Å². The highest BCUT2D eigenvalue weighted by Gasteiger charge is 2.32. The number of cyclic esters (lactones) is 1. The van der Waals surface area contributed by atoms with Gasteiger partial charge in [0.15, 0.2) is 5.11 Å². The van der Waals surface area contributed by atoms with E-state index in [9.17, 15) is 19.3 Å². The number of thiocarbonyl (C=S) groups is 1. The lowest BCUT2D eigenvalue weighted by atomic mass is 10.2. The minimum atomic E-state index is -0.617. The zero-order valence-corrected chi connectivity index (χ0v) is 16.8. The molecule has 1 aliphatic rings. The van der Waals surface area contributed by atoms with Crippen molar-refractivity contribution >= 4 is 40.7 Å². The van der Waals surface area contributed by atoms with Crippen LogP contribution in [0.1, 0.15) is 5.76 Å². The van der Waals surface area contributed by atoms with Crippen LogP contribution >= 0.6 is 12.2 Å². The Balaban J connectivity index is 1.54. The number of furan rings is 1. The predicted molar refractivity (Wildman–Crippen MR) is 111 cm³/mol. The Morgan fingerprint density at radius 2 is 2.20 bits per heavy atom. The van der Waals surface area contributed by atoms with Crippen LogP contribution in [0.25, 0.3) is 0 Å². The van der Waals surface area contributed by atoms with Crippen molar-refractivity contribution in [1.82, 2.24) is 10.6 Å². The zero-order valence-electron chi connectivity index (χ0n) is 16.0. The first-order valence-corrected chi connectivity index (χ1v) is 9.48. The normalized spacial score (nSPS) is 15.6. The number of carbonyl (C=O) groups excluding carboxylic acids is 1. The summed E-state index contributed by atoms with van der Waals surface area (Å²) in [7, 11) is 1.68. The van der Waals surface area contributed by atoms with Crippen LogP contribution in [0.15, 0.2) is 34.7 Å². The molecular weight excluding hydrogens is 417 g/mol. The van der Waals surface area contributed by atoms with Gasteiger partial charge in [-0.15, -0.1) is 0 Å². The van der Waals surface area contributed by atoms with Crippen molar-refractivity contribution in [3.05, 3.63) is 52.0 Å². The number of hydrogen-bond acceptors (Lipinski definition) is 7. The van der Waals surface area contributed by atoms with Gasteiger partial charge in [-0.2, -0.15) is 0 Å². The summed E-state index contributed by atoms with van der Waals surface area (Å²) in [5, 5.41) is 19.6. The molecule has 3 N–H and O–H groups in total. The van der Waals surface area contributed by atoms with Gasteiger partial charge in [-0.05, 0) is 36.5 Å². The Morgan fingerprint density at radius 1 is 1.40 bits per heavy atom. The van der Waals surface area contributed by atoms with Gasteiger partial charge in [-0.3, -0.25) is 15.0 Å². The topological polar surface area (TPSA) is 122 Å². The summed E-state index contributed by atoms with van der Waals surface area (Å²) >= 11 is 4.98. The summed E-state index contributed by atoms with van der Waals surface area (Å²) < 4.78 is 24.8. The molecule has 1 unspecified atom stereocenters. The van der Waals surface area contributed by atoms with Crippen molar-refractivity contribution in [2.75, 3.05) is 36.9 Å². The van der Waals surface area contributed by atoms with Gasteiger partial charge in [0.05, 0.1) is 30.5 Å². The molecule has 1 aliphatic heterocycles. The lowest BCUT2D eigenvalue weighted by molar-refractivity contribution is -0.402. The van der Waals surface area contributed by atoms with E-state index in [1.807, 2.05) is 0 Å². The van der Waals surface area contributed by atoms with E-state index in [1.54, 1.807) is 13.1 Å². The summed E-state index contributed by atoms with van der Waals surface area (Å²) in [6.45, 7) is 0.919. The number of rotatable bonds is 8. The van der Waals surface area contributed by atoms with Crippen molar-refractivity contribution in [2.24, 2.45) is 0 Å². The molecule has 30 heavy (non-hydrogen) atoms. The van der Waals surface area contributed by atoms with Gasteiger partial charge in [-0.1, -0.05) is 0 Å². The fourth-order valence-corrected chi connectivity index (χ4v) is 2.95. The summed E-state index contributed by atoms with van der Waals surface area (Å²) in [6.07, 6.45) is -0.630. The Kier molecular flexibility index (Phi) is 6.67. The first-order chi connectivity index (χ1) is 14.4. The lowest BCUT2D eigenvalue weighted by Crippen LogP contribution is -2.39. The van der Waals surface area contributed by atoms with Crippen LogP contribution in [0.3, 0.4) is 0 Å². The van der Waals surface area contributed by atoms with Gasteiger partial charge in [0.2, 0.25) is 0 Å². The van der Waals surface area contributed by atoms with Crippen LogP contribution < -0.4 is 20.9 Å². The number of benzene rings is 1. The number of carbonyl (C=O) groups is 1. The largest absolute Gasteiger partial charge is 0.442 e. The number of nitro groups is 1. The Hall–Kier alpha value is -3.41. The van der Waals surface area contributed by atoms with Crippen LogP contribution in [0.4, 0.5) is 26.4 Å². The van der Waals surface area contributed by atoms with E-state index < -0.39 is 22.9 Å². The fourth-order valence-electron chi connectivity index (χ4n) is 2.87. The third kappa shape index (κ3) is 5.14. The van der Waals surface area contributed by atoms with Gasteiger partial charge >= 0.3 is 12.0 Å². The molecule has 2 heterocycles. The van der Waals surface area contributed by atoms with Crippen LogP contribution in [0, 0.1) is 15.9 Å². The van der Waals surface area contributed by atoms with E-state index in [0.29, 0.717) is 36.1 Å². The smallest absolute Gasteiger partial charge is 0.433 e. The molecule has 0 spiro atoms. The highest BCUT2D eigenvalue weighted by Crippen LogP contribution is 2.26. The maximum atomic E-state index is 14.5. The van der Waals surface area contributed by atoms with Crippen molar-refractivity contribution in [3.63, 3.8) is 0 Å². The highest BCUT2D eigenvalue weighted by atomic mass is 32.1. The second-order valence-corrected chi connectivity index (χ2v) is 6.82. The second-order valence-electron chi connectivity index (χ2n) is 6.41. The summed E-state index contributed by atoms with van der Waals surface area (Å²) in [5.41, 5.74) is 0.619. The van der Waals surface area contributed by atoms with E-state index >= 15 is 0 Å². The zero-order chi connectivity index (χ0) is 21.7. The number of ether oxygens (including phenoxy) is 1. The minimum Gasteiger partial charge on any atom is -0.442 e. The first kappa shape index (κ1) is 21.3. The number of anilines is 2. The van der Waals surface area contributed by atoms with Crippen LogP contribution in [0.5, 0.6) is 0 Å². The molecule has 1 aromatic heterocycles. The molecule has 1 aromatic carbocycles. The minimum absolute atomic E-state index is 0.241. The fraction of sp³-hybridized carbons (Fsp3) is 0.333. The third-order valence-corrected chi connectivity index (χ3v) is 4.72. The van der Waals surface area contributed by atoms with Crippen LogP contribution in [-0.2, 0) is 11.2 Å². The molecule has 0 bridgehead atoms. The maximum Gasteiger partial charge on any atom is 0.433 e. The number of amides is 1. The third-order valence-electron chi connectivity index (χ3n) is 4.37. The lowest BCUT2D eigenvalue weighted by Gasteiger charge is -2.15. The monoisotopic (exact) mass is 437 g/mol. The number of nitrogens with one attached hydrogen (secondary N) is 3. The Labute approximate surface area is 176 Å².